The molecule has 3 rings (SSSR count). The Hall–Kier alpha value is -2.56. The maximum atomic E-state index is 11.0. The Morgan fingerprint density at radius 1 is 1.17 bits per heavy atom. The largest absolute Gasteiger partial charge is 0.494 e. The van der Waals surface area contributed by atoms with Crippen molar-refractivity contribution in [3.63, 3.8) is 0 Å². The van der Waals surface area contributed by atoms with E-state index in [0.717, 1.165) is 0 Å². The number of ether oxygens (including phenoxy) is 2. The average molecular weight is 418 g/mol. The van der Waals surface area contributed by atoms with E-state index in [9.17, 15) is 25.3 Å². The number of nitroso groups, excluding NO2 is 1. The molecular formula is C21H26N2O7. The standard InChI is InChI=1S/C21H26N2O7/c1-2-29-13-6-3-11(4-7-13)18(25)14-9-12(5-8-15(14)22)21-20(27)19(26)17(23-28)16(10-24)30-21/h3-9,16-21,24-27H,2,10,22H2,1H3/t16-,17-,18?,19+,20-,21+/m1/s1. The van der Waals surface area contributed by atoms with Crippen molar-refractivity contribution in [1.29, 1.82) is 0 Å². The minimum atomic E-state index is -1.50. The molecule has 0 bridgehead atoms. The lowest BCUT2D eigenvalue weighted by Gasteiger charge is -2.39. The van der Waals surface area contributed by atoms with Gasteiger partial charge in [0.2, 0.25) is 0 Å². The van der Waals surface area contributed by atoms with Crippen molar-refractivity contribution in [2.45, 2.75) is 43.5 Å². The van der Waals surface area contributed by atoms with Crippen molar-refractivity contribution in [2.75, 3.05) is 18.9 Å². The van der Waals surface area contributed by atoms with Crippen molar-refractivity contribution in [1.82, 2.24) is 0 Å². The van der Waals surface area contributed by atoms with E-state index >= 15 is 0 Å². The summed E-state index contributed by atoms with van der Waals surface area (Å²) in [7, 11) is 0. The Balaban J connectivity index is 1.90. The molecule has 6 atom stereocenters. The van der Waals surface area contributed by atoms with Crippen molar-refractivity contribution in [2.24, 2.45) is 5.18 Å². The van der Waals surface area contributed by atoms with Gasteiger partial charge >= 0.3 is 0 Å². The Bertz CT molecular complexity index is 859. The molecule has 1 aliphatic rings. The predicted molar refractivity (Wildman–Crippen MR) is 109 cm³/mol. The van der Waals surface area contributed by atoms with Crippen LogP contribution in [-0.4, -0.2) is 58.0 Å². The highest BCUT2D eigenvalue weighted by Crippen LogP contribution is 2.36. The molecular weight excluding hydrogens is 392 g/mol. The first-order valence-corrected chi connectivity index (χ1v) is 9.66. The summed E-state index contributed by atoms with van der Waals surface area (Å²) in [6.45, 7) is 1.86. The van der Waals surface area contributed by atoms with Crippen molar-refractivity contribution < 1.29 is 29.9 Å². The lowest BCUT2D eigenvalue weighted by Crippen LogP contribution is -2.54. The van der Waals surface area contributed by atoms with E-state index in [1.54, 1.807) is 42.5 Å². The number of aliphatic hydroxyl groups is 4. The Labute approximate surface area is 173 Å². The van der Waals surface area contributed by atoms with Crippen molar-refractivity contribution in [3.8, 4) is 5.75 Å². The molecule has 30 heavy (non-hydrogen) atoms. The van der Waals surface area contributed by atoms with E-state index in [2.05, 4.69) is 5.18 Å². The molecule has 1 saturated heterocycles. The highest BCUT2D eigenvalue weighted by molar-refractivity contribution is 5.53. The quantitative estimate of drug-likeness (QED) is 0.330. The van der Waals surface area contributed by atoms with Gasteiger partial charge in [-0.2, -0.15) is 4.91 Å². The van der Waals surface area contributed by atoms with Crippen LogP contribution in [0.25, 0.3) is 0 Å². The van der Waals surface area contributed by atoms with Gasteiger partial charge in [0.05, 0.1) is 13.2 Å². The summed E-state index contributed by atoms with van der Waals surface area (Å²) in [6, 6.07) is 10.4. The molecule has 1 unspecified atom stereocenters. The molecule has 1 fully saturated rings. The highest BCUT2D eigenvalue weighted by atomic mass is 16.5. The maximum absolute atomic E-state index is 11.0. The average Bonchev–Trinajstić information content (AvgIpc) is 2.76. The fourth-order valence-corrected chi connectivity index (χ4v) is 3.61. The Morgan fingerprint density at radius 2 is 1.87 bits per heavy atom. The van der Waals surface area contributed by atoms with E-state index in [1.165, 1.54) is 0 Å². The molecule has 9 nitrogen and oxygen atoms in total. The molecule has 0 aromatic heterocycles. The fourth-order valence-electron chi connectivity index (χ4n) is 3.61. The van der Waals surface area contributed by atoms with E-state index in [0.29, 0.717) is 34.7 Å². The lowest BCUT2D eigenvalue weighted by molar-refractivity contribution is -0.189. The summed E-state index contributed by atoms with van der Waals surface area (Å²) >= 11 is 0. The monoisotopic (exact) mass is 418 g/mol. The zero-order chi connectivity index (χ0) is 21.8. The van der Waals surface area contributed by atoms with Crippen LogP contribution < -0.4 is 10.5 Å². The summed E-state index contributed by atoms with van der Waals surface area (Å²) in [5.41, 5.74) is 7.80. The van der Waals surface area contributed by atoms with Gasteiger partial charge < -0.3 is 35.6 Å². The van der Waals surface area contributed by atoms with Gasteiger partial charge in [0.15, 0.2) is 0 Å². The van der Waals surface area contributed by atoms with Crippen LogP contribution in [0.1, 0.15) is 35.8 Å². The first-order valence-electron chi connectivity index (χ1n) is 9.66. The first kappa shape index (κ1) is 22.1. The summed E-state index contributed by atoms with van der Waals surface area (Å²) < 4.78 is 11.0. The second-order valence-electron chi connectivity index (χ2n) is 7.15. The molecule has 0 saturated carbocycles. The van der Waals surface area contributed by atoms with Crippen LogP contribution in [0.3, 0.4) is 0 Å². The predicted octanol–water partition coefficient (Wildman–Crippen LogP) is 1.04. The van der Waals surface area contributed by atoms with Crippen LogP contribution in [0.2, 0.25) is 0 Å². The van der Waals surface area contributed by atoms with Gasteiger partial charge in [-0.1, -0.05) is 23.4 Å². The van der Waals surface area contributed by atoms with E-state index in [1.807, 2.05) is 6.92 Å². The van der Waals surface area contributed by atoms with Gasteiger partial charge in [0.25, 0.3) is 0 Å². The fraction of sp³-hybridized carbons (Fsp3) is 0.429. The van der Waals surface area contributed by atoms with Gasteiger partial charge in [0, 0.05) is 11.3 Å². The van der Waals surface area contributed by atoms with E-state index in [-0.39, 0.29) is 0 Å². The highest BCUT2D eigenvalue weighted by Gasteiger charge is 2.46. The molecule has 2 aromatic rings. The number of nitrogens with two attached hydrogens (primary N) is 1. The first-order chi connectivity index (χ1) is 14.4. The summed E-state index contributed by atoms with van der Waals surface area (Å²) in [5, 5.41) is 43.7. The second-order valence-corrected chi connectivity index (χ2v) is 7.15. The molecule has 0 spiro atoms. The summed E-state index contributed by atoms with van der Waals surface area (Å²) in [4.78, 5) is 11.0. The van der Waals surface area contributed by atoms with E-state index in [4.69, 9.17) is 15.2 Å². The third kappa shape index (κ3) is 4.30. The van der Waals surface area contributed by atoms with Crippen LogP contribution in [-0.2, 0) is 4.74 Å². The molecule has 9 heteroatoms. The van der Waals surface area contributed by atoms with Crippen LogP contribution in [0, 0.1) is 4.91 Å². The number of nitrogens with zero attached hydrogens (tertiary/aromatic N) is 1. The SMILES string of the molecule is CCOc1ccc(C(O)c2cc([C@@H]3O[C@H](CO)[C@@H](N=O)[C@H](O)[C@H]3O)ccc2N)cc1. The van der Waals surface area contributed by atoms with Gasteiger partial charge in [-0.05, 0) is 42.3 Å². The normalized spacial score (nSPS) is 27.4. The topological polar surface area (TPSA) is 155 Å². The number of benzene rings is 2. The molecule has 1 aliphatic heterocycles. The number of anilines is 1. The zero-order valence-electron chi connectivity index (χ0n) is 16.5. The number of rotatable bonds is 7. The van der Waals surface area contributed by atoms with Gasteiger partial charge in [-0.25, -0.2) is 0 Å². The van der Waals surface area contributed by atoms with E-state index < -0.39 is 43.2 Å². The smallest absolute Gasteiger partial charge is 0.149 e. The third-order valence-corrected chi connectivity index (χ3v) is 5.25. The lowest BCUT2D eigenvalue weighted by atomic mass is 9.88. The summed E-state index contributed by atoms with van der Waals surface area (Å²) in [5.74, 6) is 0.677. The van der Waals surface area contributed by atoms with Gasteiger partial charge in [-0.3, -0.25) is 0 Å². The van der Waals surface area contributed by atoms with Gasteiger partial charge in [0.1, 0.15) is 42.3 Å². The molecule has 0 aliphatic carbocycles. The third-order valence-electron chi connectivity index (χ3n) is 5.25. The number of nitrogen functional groups attached to an aromatic ring is 1. The zero-order valence-corrected chi connectivity index (χ0v) is 16.5. The van der Waals surface area contributed by atoms with Crippen LogP contribution >= 0.6 is 0 Å². The second kappa shape index (κ2) is 9.50. The molecule has 0 amide bonds. The minimum Gasteiger partial charge on any atom is -0.494 e. The van der Waals surface area contributed by atoms with Gasteiger partial charge in [-0.15, -0.1) is 0 Å². The molecule has 162 valence electrons. The van der Waals surface area contributed by atoms with Crippen molar-refractivity contribution >= 4 is 5.69 Å². The molecule has 6 N–H and O–H groups in total. The van der Waals surface area contributed by atoms with Crippen LogP contribution in [0.5, 0.6) is 5.75 Å². The minimum absolute atomic E-state index is 0.331. The Morgan fingerprint density at radius 3 is 2.47 bits per heavy atom. The van der Waals surface area contributed by atoms with Crippen molar-refractivity contribution in [3.05, 3.63) is 64.1 Å². The van der Waals surface area contributed by atoms with Crippen LogP contribution in [0.4, 0.5) is 5.69 Å². The maximum Gasteiger partial charge on any atom is 0.149 e. The molecule has 1 heterocycles. The number of hydrogen-bond acceptors (Lipinski definition) is 9. The number of hydrogen-bond donors (Lipinski definition) is 5. The van der Waals surface area contributed by atoms with Crippen LogP contribution in [0.15, 0.2) is 47.6 Å². The summed E-state index contributed by atoms with van der Waals surface area (Å²) in [6.07, 6.45) is -6.11. The number of aliphatic hydroxyl groups excluding tert-OH is 4. The Kier molecular flexibility index (Phi) is 7.01. The molecule has 2 aromatic carbocycles. The molecule has 0 radical (unpaired) electrons.